The van der Waals surface area contributed by atoms with Gasteiger partial charge >= 0.3 is 0 Å². The summed E-state index contributed by atoms with van der Waals surface area (Å²) in [7, 11) is 0. The predicted molar refractivity (Wildman–Crippen MR) is 73.9 cm³/mol. The Morgan fingerprint density at radius 2 is 2.20 bits per heavy atom. The highest BCUT2D eigenvalue weighted by molar-refractivity contribution is 5.95. The first-order valence-corrected chi connectivity index (χ1v) is 6.27. The van der Waals surface area contributed by atoms with Gasteiger partial charge in [-0.05, 0) is 24.1 Å². The Labute approximate surface area is 116 Å². The molecule has 7 heteroatoms. The van der Waals surface area contributed by atoms with Crippen LogP contribution in [0.1, 0.15) is 28.2 Å². The number of amides is 1. The summed E-state index contributed by atoms with van der Waals surface area (Å²) in [4.78, 5) is 15.4. The number of anilines is 1. The van der Waals surface area contributed by atoms with Gasteiger partial charge in [-0.2, -0.15) is 5.10 Å². The topological polar surface area (TPSA) is 120 Å². The minimum Gasteiger partial charge on any atom is -0.397 e. The van der Waals surface area contributed by atoms with Crippen molar-refractivity contribution in [3.05, 3.63) is 41.5 Å². The van der Waals surface area contributed by atoms with E-state index < -0.39 is 5.91 Å². The molecule has 0 saturated heterocycles. The zero-order valence-electron chi connectivity index (χ0n) is 11.0. The smallest absolute Gasteiger partial charge is 0.269 e. The highest BCUT2D eigenvalue weighted by atomic mass is 16.3. The second kappa shape index (κ2) is 6.16. The Balaban J connectivity index is 2.11. The first-order valence-electron chi connectivity index (χ1n) is 6.27. The van der Waals surface area contributed by atoms with Crippen LogP contribution in [-0.2, 0) is 13.0 Å². The number of aliphatic hydroxyl groups is 1. The molecule has 0 bridgehead atoms. The molecule has 0 unspecified atom stereocenters. The van der Waals surface area contributed by atoms with Gasteiger partial charge in [0.2, 0.25) is 0 Å². The first-order chi connectivity index (χ1) is 9.60. The number of nitrogens with zero attached hydrogens (tertiary/aromatic N) is 3. The maximum Gasteiger partial charge on any atom is 0.269 e. The Morgan fingerprint density at radius 1 is 1.40 bits per heavy atom. The van der Waals surface area contributed by atoms with Crippen molar-refractivity contribution in [2.45, 2.75) is 19.4 Å². The average molecular weight is 275 g/mol. The van der Waals surface area contributed by atoms with Crippen LogP contribution in [0, 0.1) is 0 Å². The lowest BCUT2D eigenvalue weighted by molar-refractivity contribution is 0.0996. The van der Waals surface area contributed by atoms with Gasteiger partial charge in [0, 0.05) is 31.5 Å². The van der Waals surface area contributed by atoms with Crippen LogP contribution in [0.5, 0.6) is 0 Å². The normalized spacial score (nSPS) is 10.7. The van der Waals surface area contributed by atoms with Gasteiger partial charge in [-0.1, -0.05) is 0 Å². The maximum atomic E-state index is 11.2. The molecule has 0 fully saturated rings. The molecule has 106 valence electrons. The maximum absolute atomic E-state index is 11.2. The number of pyridine rings is 1. The molecule has 20 heavy (non-hydrogen) atoms. The van der Waals surface area contributed by atoms with Crippen LogP contribution in [0.15, 0.2) is 24.5 Å². The molecule has 0 spiro atoms. The zero-order valence-corrected chi connectivity index (χ0v) is 11.0. The molecule has 1 amide bonds. The van der Waals surface area contributed by atoms with Crippen molar-refractivity contribution in [2.75, 3.05) is 12.3 Å². The third-order valence-corrected chi connectivity index (χ3v) is 2.83. The Kier molecular flexibility index (Phi) is 4.31. The van der Waals surface area contributed by atoms with Gasteiger partial charge in [0.15, 0.2) is 5.69 Å². The van der Waals surface area contributed by atoms with Crippen molar-refractivity contribution < 1.29 is 9.90 Å². The molecular weight excluding hydrogens is 258 g/mol. The summed E-state index contributed by atoms with van der Waals surface area (Å²) in [5.41, 5.74) is 12.9. The van der Waals surface area contributed by atoms with Crippen molar-refractivity contribution >= 4 is 11.6 Å². The number of primary amides is 1. The molecule has 0 aromatic carbocycles. The van der Waals surface area contributed by atoms with Crippen molar-refractivity contribution in [1.82, 2.24) is 14.8 Å². The average Bonchev–Trinajstić information content (AvgIpc) is 2.86. The number of nitrogen functional groups attached to an aromatic ring is 1. The molecule has 2 heterocycles. The SMILES string of the molecule is NC(=O)c1nc(Cc2cnn(CCCO)c2)ccc1N. The van der Waals surface area contributed by atoms with E-state index in [0.29, 0.717) is 25.1 Å². The van der Waals surface area contributed by atoms with E-state index in [-0.39, 0.29) is 18.0 Å². The number of aryl methyl sites for hydroxylation is 1. The summed E-state index contributed by atoms with van der Waals surface area (Å²) in [6.45, 7) is 0.800. The van der Waals surface area contributed by atoms with Gasteiger partial charge in [0.05, 0.1) is 11.9 Å². The largest absolute Gasteiger partial charge is 0.397 e. The fourth-order valence-electron chi connectivity index (χ4n) is 1.87. The lowest BCUT2D eigenvalue weighted by Gasteiger charge is -2.04. The molecule has 2 aromatic rings. The Hall–Kier alpha value is -2.41. The molecule has 0 saturated carbocycles. The summed E-state index contributed by atoms with van der Waals surface area (Å²) in [6.07, 6.45) is 4.82. The molecule has 0 aliphatic carbocycles. The molecule has 7 nitrogen and oxygen atoms in total. The molecule has 5 N–H and O–H groups in total. The number of hydrogen-bond acceptors (Lipinski definition) is 5. The van der Waals surface area contributed by atoms with E-state index in [1.165, 1.54) is 0 Å². The monoisotopic (exact) mass is 275 g/mol. The van der Waals surface area contributed by atoms with Gasteiger partial charge in [-0.25, -0.2) is 4.98 Å². The molecule has 2 rings (SSSR count). The van der Waals surface area contributed by atoms with E-state index in [1.807, 2.05) is 6.20 Å². The quantitative estimate of drug-likeness (QED) is 0.681. The number of hydrogen-bond donors (Lipinski definition) is 3. The molecule has 0 aliphatic heterocycles. The molecule has 0 radical (unpaired) electrons. The van der Waals surface area contributed by atoms with Crippen LogP contribution in [0.2, 0.25) is 0 Å². The van der Waals surface area contributed by atoms with Crippen molar-refractivity contribution in [3.63, 3.8) is 0 Å². The van der Waals surface area contributed by atoms with E-state index in [2.05, 4.69) is 10.1 Å². The fraction of sp³-hybridized carbons (Fsp3) is 0.308. The fourth-order valence-corrected chi connectivity index (χ4v) is 1.87. The standard InChI is InChI=1S/C13H17N5O2/c14-11-3-2-10(17-12(11)13(15)20)6-9-7-16-18(8-9)4-1-5-19/h2-3,7-8,19H,1,4-6,14H2,(H2,15,20). The Morgan fingerprint density at radius 3 is 2.90 bits per heavy atom. The minimum atomic E-state index is -0.636. The number of carbonyl (C=O) groups is 1. The lowest BCUT2D eigenvalue weighted by Crippen LogP contribution is -2.16. The summed E-state index contributed by atoms with van der Waals surface area (Å²) < 4.78 is 1.76. The Bertz CT molecular complexity index is 609. The van der Waals surface area contributed by atoms with Crippen molar-refractivity contribution in [1.29, 1.82) is 0 Å². The summed E-state index contributed by atoms with van der Waals surface area (Å²) in [5, 5.41) is 13.0. The van der Waals surface area contributed by atoms with Crippen molar-refractivity contribution in [3.8, 4) is 0 Å². The first kappa shape index (κ1) is 14.0. The zero-order chi connectivity index (χ0) is 14.5. The van der Waals surface area contributed by atoms with Crippen LogP contribution in [0.25, 0.3) is 0 Å². The summed E-state index contributed by atoms with van der Waals surface area (Å²) in [5.74, 6) is -0.636. The lowest BCUT2D eigenvalue weighted by atomic mass is 10.1. The number of nitrogens with two attached hydrogens (primary N) is 2. The predicted octanol–water partition coefficient (Wildman–Crippen LogP) is -0.0676. The second-order valence-electron chi connectivity index (χ2n) is 4.47. The number of aromatic nitrogens is 3. The molecule has 0 aliphatic rings. The van der Waals surface area contributed by atoms with E-state index in [0.717, 1.165) is 5.56 Å². The van der Waals surface area contributed by atoms with Gasteiger partial charge in [0.1, 0.15) is 0 Å². The number of carbonyl (C=O) groups excluding carboxylic acids is 1. The third-order valence-electron chi connectivity index (χ3n) is 2.83. The number of aliphatic hydroxyl groups excluding tert-OH is 1. The molecular formula is C13H17N5O2. The highest BCUT2D eigenvalue weighted by Crippen LogP contribution is 2.12. The third kappa shape index (κ3) is 3.33. The van der Waals surface area contributed by atoms with E-state index >= 15 is 0 Å². The van der Waals surface area contributed by atoms with Crippen LogP contribution in [0.4, 0.5) is 5.69 Å². The van der Waals surface area contributed by atoms with Crippen LogP contribution in [0.3, 0.4) is 0 Å². The van der Waals surface area contributed by atoms with Crippen LogP contribution in [-0.4, -0.2) is 32.4 Å². The number of rotatable bonds is 6. The highest BCUT2D eigenvalue weighted by Gasteiger charge is 2.09. The van der Waals surface area contributed by atoms with Crippen molar-refractivity contribution in [2.24, 2.45) is 5.73 Å². The van der Waals surface area contributed by atoms with Gasteiger partial charge in [-0.15, -0.1) is 0 Å². The molecule has 2 aromatic heterocycles. The van der Waals surface area contributed by atoms with E-state index in [9.17, 15) is 4.79 Å². The van der Waals surface area contributed by atoms with Crippen LogP contribution < -0.4 is 11.5 Å². The van der Waals surface area contributed by atoms with Gasteiger partial charge < -0.3 is 16.6 Å². The molecule has 0 atom stereocenters. The van der Waals surface area contributed by atoms with E-state index in [4.69, 9.17) is 16.6 Å². The van der Waals surface area contributed by atoms with Gasteiger partial charge in [0.25, 0.3) is 5.91 Å². The van der Waals surface area contributed by atoms with Crippen LogP contribution >= 0.6 is 0 Å². The van der Waals surface area contributed by atoms with E-state index in [1.54, 1.807) is 23.0 Å². The summed E-state index contributed by atoms with van der Waals surface area (Å²) in [6, 6.07) is 3.38. The second-order valence-corrected chi connectivity index (χ2v) is 4.47. The summed E-state index contributed by atoms with van der Waals surface area (Å²) >= 11 is 0. The van der Waals surface area contributed by atoms with Gasteiger partial charge in [-0.3, -0.25) is 9.48 Å². The minimum absolute atomic E-state index is 0.0928.